The highest BCUT2D eigenvalue weighted by molar-refractivity contribution is 6.34. The molecule has 0 unspecified atom stereocenters. The second-order valence-electron chi connectivity index (χ2n) is 3.68. The van der Waals surface area contributed by atoms with E-state index in [9.17, 15) is 4.79 Å². The summed E-state index contributed by atoms with van der Waals surface area (Å²) in [7, 11) is 0. The minimum absolute atomic E-state index is 0.0456. The van der Waals surface area contributed by atoms with Crippen LogP contribution in [0, 0.1) is 0 Å². The summed E-state index contributed by atoms with van der Waals surface area (Å²) in [5, 5.41) is 2.84. The van der Waals surface area contributed by atoms with Gasteiger partial charge in [0.1, 0.15) is 0 Å². The smallest absolute Gasteiger partial charge is 0.256 e. The molecule has 0 saturated carbocycles. The fourth-order valence-electron chi connectivity index (χ4n) is 1.87. The van der Waals surface area contributed by atoms with Crippen molar-refractivity contribution in [3.8, 4) is 0 Å². The lowest BCUT2D eigenvalue weighted by molar-refractivity contribution is -0.110. The molecular weight excluding hydrogens is 200 g/mol. The summed E-state index contributed by atoms with van der Waals surface area (Å²) < 4.78 is 0. The van der Waals surface area contributed by atoms with Gasteiger partial charge in [-0.15, -0.1) is 0 Å². The average Bonchev–Trinajstić information content (AvgIpc) is 2.89. The molecule has 1 aliphatic heterocycles. The van der Waals surface area contributed by atoms with Gasteiger partial charge in [-0.25, -0.2) is 0 Å². The van der Waals surface area contributed by atoms with E-state index in [1.807, 2.05) is 48.7 Å². The number of anilines is 1. The number of para-hydroxylation sites is 1. The standard InChI is InChI=1S/C13H10N2O/c16-13-11(8-9-4-3-7-14-9)10-5-1-2-6-12(10)15-13/h1-8,14H,(H,15,16)/b11-8+. The molecule has 1 amide bonds. The van der Waals surface area contributed by atoms with E-state index in [1.54, 1.807) is 0 Å². The summed E-state index contributed by atoms with van der Waals surface area (Å²) in [6.07, 6.45) is 3.70. The van der Waals surface area contributed by atoms with Gasteiger partial charge in [0.25, 0.3) is 5.91 Å². The first-order chi connectivity index (χ1) is 7.84. The summed E-state index contributed by atoms with van der Waals surface area (Å²) in [5.74, 6) is -0.0456. The maximum atomic E-state index is 11.8. The molecule has 1 aromatic heterocycles. The van der Waals surface area contributed by atoms with Crippen LogP contribution in [0.5, 0.6) is 0 Å². The van der Waals surface area contributed by atoms with Crippen LogP contribution in [-0.4, -0.2) is 10.9 Å². The van der Waals surface area contributed by atoms with E-state index in [1.165, 1.54) is 0 Å². The van der Waals surface area contributed by atoms with E-state index < -0.39 is 0 Å². The third-order valence-electron chi connectivity index (χ3n) is 2.63. The van der Waals surface area contributed by atoms with Gasteiger partial charge in [0.15, 0.2) is 0 Å². The van der Waals surface area contributed by atoms with Crippen molar-refractivity contribution in [1.82, 2.24) is 4.98 Å². The van der Waals surface area contributed by atoms with E-state index >= 15 is 0 Å². The molecule has 3 heteroatoms. The number of hydrogen-bond donors (Lipinski definition) is 2. The third kappa shape index (κ3) is 1.34. The van der Waals surface area contributed by atoms with Crippen LogP contribution in [-0.2, 0) is 4.79 Å². The summed E-state index contributed by atoms with van der Waals surface area (Å²) >= 11 is 0. The quantitative estimate of drug-likeness (QED) is 0.698. The second kappa shape index (κ2) is 3.38. The SMILES string of the molecule is O=C1Nc2ccccc2/C1=C\c1ccc[nH]1. The molecule has 3 nitrogen and oxygen atoms in total. The Bertz CT molecular complexity index is 567. The Labute approximate surface area is 92.8 Å². The highest BCUT2D eigenvalue weighted by Gasteiger charge is 2.23. The topological polar surface area (TPSA) is 44.9 Å². The number of amides is 1. The first kappa shape index (κ1) is 8.97. The normalized spacial score (nSPS) is 16.2. The Morgan fingerprint density at radius 3 is 2.75 bits per heavy atom. The Balaban J connectivity index is 2.12. The third-order valence-corrected chi connectivity index (χ3v) is 2.63. The fourth-order valence-corrected chi connectivity index (χ4v) is 1.87. The molecule has 0 spiro atoms. The van der Waals surface area contributed by atoms with Crippen LogP contribution in [0.15, 0.2) is 42.6 Å². The number of aromatic amines is 1. The van der Waals surface area contributed by atoms with Crippen molar-refractivity contribution in [2.45, 2.75) is 0 Å². The molecule has 2 heterocycles. The second-order valence-corrected chi connectivity index (χ2v) is 3.68. The van der Waals surface area contributed by atoms with Gasteiger partial charge in [-0.3, -0.25) is 4.79 Å². The van der Waals surface area contributed by atoms with Crippen LogP contribution in [0.1, 0.15) is 11.3 Å². The first-order valence-electron chi connectivity index (χ1n) is 5.10. The molecule has 0 fully saturated rings. The zero-order valence-electron chi connectivity index (χ0n) is 8.53. The average molecular weight is 210 g/mol. The van der Waals surface area contributed by atoms with Crippen molar-refractivity contribution in [2.24, 2.45) is 0 Å². The van der Waals surface area contributed by atoms with E-state index in [-0.39, 0.29) is 5.91 Å². The number of H-pyrrole nitrogens is 1. The van der Waals surface area contributed by atoms with Crippen LogP contribution < -0.4 is 5.32 Å². The maximum absolute atomic E-state index is 11.8. The fraction of sp³-hybridized carbons (Fsp3) is 0. The zero-order chi connectivity index (χ0) is 11.0. The molecule has 2 N–H and O–H groups in total. The molecule has 2 aromatic rings. The largest absolute Gasteiger partial charge is 0.362 e. The molecule has 0 bridgehead atoms. The highest BCUT2D eigenvalue weighted by atomic mass is 16.2. The van der Waals surface area contributed by atoms with Crippen LogP contribution in [0.25, 0.3) is 11.6 Å². The van der Waals surface area contributed by atoms with E-state index in [0.29, 0.717) is 5.57 Å². The summed E-state index contributed by atoms with van der Waals surface area (Å²) in [6, 6.07) is 11.5. The van der Waals surface area contributed by atoms with Gasteiger partial charge in [-0.1, -0.05) is 18.2 Å². The van der Waals surface area contributed by atoms with Crippen molar-refractivity contribution < 1.29 is 4.79 Å². The van der Waals surface area contributed by atoms with Gasteiger partial charge in [-0.05, 0) is 24.3 Å². The Morgan fingerprint density at radius 1 is 1.06 bits per heavy atom. The van der Waals surface area contributed by atoms with Gasteiger partial charge in [0, 0.05) is 23.1 Å². The monoisotopic (exact) mass is 210 g/mol. The van der Waals surface area contributed by atoms with Crippen molar-refractivity contribution in [2.75, 3.05) is 5.32 Å². The molecule has 0 aliphatic carbocycles. The number of aromatic nitrogens is 1. The molecule has 1 aromatic carbocycles. The summed E-state index contributed by atoms with van der Waals surface area (Å²) in [4.78, 5) is 14.8. The van der Waals surface area contributed by atoms with Crippen molar-refractivity contribution >= 4 is 23.2 Å². The maximum Gasteiger partial charge on any atom is 0.256 e. The predicted octanol–water partition coefficient (Wildman–Crippen LogP) is 2.51. The van der Waals surface area contributed by atoms with Gasteiger partial charge in [0.05, 0.1) is 5.57 Å². The van der Waals surface area contributed by atoms with E-state index in [4.69, 9.17) is 0 Å². The first-order valence-corrected chi connectivity index (χ1v) is 5.10. The lowest BCUT2D eigenvalue weighted by atomic mass is 10.1. The molecule has 0 saturated heterocycles. The molecular formula is C13H10N2O. The van der Waals surface area contributed by atoms with Crippen LogP contribution in [0.4, 0.5) is 5.69 Å². The van der Waals surface area contributed by atoms with Gasteiger partial charge in [0.2, 0.25) is 0 Å². The minimum Gasteiger partial charge on any atom is -0.362 e. The lowest BCUT2D eigenvalue weighted by Gasteiger charge is -1.95. The predicted molar refractivity (Wildman–Crippen MR) is 63.7 cm³/mol. The van der Waals surface area contributed by atoms with E-state index in [0.717, 1.165) is 16.9 Å². The van der Waals surface area contributed by atoms with Crippen LogP contribution in [0.3, 0.4) is 0 Å². The van der Waals surface area contributed by atoms with E-state index in [2.05, 4.69) is 10.3 Å². The Morgan fingerprint density at radius 2 is 1.94 bits per heavy atom. The number of benzene rings is 1. The molecule has 16 heavy (non-hydrogen) atoms. The van der Waals surface area contributed by atoms with Gasteiger partial charge in [-0.2, -0.15) is 0 Å². The number of carbonyl (C=O) groups excluding carboxylic acids is 1. The molecule has 1 aliphatic rings. The lowest BCUT2D eigenvalue weighted by Crippen LogP contribution is -2.03. The Kier molecular flexibility index (Phi) is 1.90. The summed E-state index contributed by atoms with van der Waals surface area (Å²) in [5.41, 5.74) is 3.48. The highest BCUT2D eigenvalue weighted by Crippen LogP contribution is 2.32. The van der Waals surface area contributed by atoms with Gasteiger partial charge < -0.3 is 10.3 Å². The van der Waals surface area contributed by atoms with Crippen molar-refractivity contribution in [3.05, 3.63) is 53.9 Å². The number of fused-ring (bicyclic) bond motifs is 1. The zero-order valence-corrected chi connectivity index (χ0v) is 8.53. The minimum atomic E-state index is -0.0456. The van der Waals surface area contributed by atoms with Crippen LogP contribution in [0.2, 0.25) is 0 Å². The van der Waals surface area contributed by atoms with Gasteiger partial charge >= 0.3 is 0 Å². The molecule has 3 rings (SSSR count). The summed E-state index contributed by atoms with van der Waals surface area (Å²) in [6.45, 7) is 0. The van der Waals surface area contributed by atoms with Crippen molar-refractivity contribution in [3.63, 3.8) is 0 Å². The molecule has 0 atom stereocenters. The molecule has 0 radical (unpaired) electrons. The number of nitrogens with one attached hydrogen (secondary N) is 2. The number of rotatable bonds is 1. The molecule has 78 valence electrons. The number of carbonyl (C=O) groups is 1. The van der Waals surface area contributed by atoms with Crippen molar-refractivity contribution in [1.29, 1.82) is 0 Å². The Hall–Kier alpha value is -2.29. The van der Waals surface area contributed by atoms with Crippen LogP contribution >= 0.6 is 0 Å². The number of hydrogen-bond acceptors (Lipinski definition) is 1.